The van der Waals surface area contributed by atoms with Crippen LogP contribution in [0.3, 0.4) is 0 Å². The van der Waals surface area contributed by atoms with Gasteiger partial charge in [-0.3, -0.25) is 0 Å². The molecular formula is C12H18O3. The van der Waals surface area contributed by atoms with Gasteiger partial charge in [0.1, 0.15) is 0 Å². The van der Waals surface area contributed by atoms with Gasteiger partial charge < -0.3 is 9.84 Å². The van der Waals surface area contributed by atoms with Gasteiger partial charge in [-0.05, 0) is 17.3 Å². The largest absolute Gasteiger partial charge is 0.466 e. The molecular weight excluding hydrogens is 192 g/mol. The molecule has 0 aromatic heterocycles. The molecule has 3 nitrogen and oxygen atoms in total. The number of carbonyl (C=O) groups excluding carboxylic acids is 1. The number of hydrogen-bond acceptors (Lipinski definition) is 3. The molecule has 1 fully saturated rings. The quantitative estimate of drug-likeness (QED) is 0.435. The van der Waals surface area contributed by atoms with Crippen molar-refractivity contribution in [3.63, 3.8) is 0 Å². The Bertz CT molecular complexity index is 289. The maximum absolute atomic E-state index is 10.9. The van der Waals surface area contributed by atoms with Crippen LogP contribution in [0.25, 0.3) is 0 Å². The highest BCUT2D eigenvalue weighted by Crippen LogP contribution is 2.59. The zero-order valence-electron chi connectivity index (χ0n) is 9.43. The molecule has 0 unspecified atom stereocenters. The van der Waals surface area contributed by atoms with Crippen LogP contribution in [-0.4, -0.2) is 24.8 Å². The summed E-state index contributed by atoms with van der Waals surface area (Å²) in [5.74, 6) is 0.451. The molecule has 0 aromatic rings. The Morgan fingerprint density at radius 3 is 2.53 bits per heavy atom. The summed E-state index contributed by atoms with van der Waals surface area (Å²) in [4.78, 5) is 10.9. The van der Waals surface area contributed by atoms with Crippen molar-refractivity contribution in [3.8, 4) is 0 Å². The van der Waals surface area contributed by atoms with E-state index >= 15 is 0 Å². The van der Waals surface area contributed by atoms with Crippen LogP contribution in [-0.2, 0) is 9.53 Å². The second-order valence-electron chi connectivity index (χ2n) is 4.37. The van der Waals surface area contributed by atoms with E-state index < -0.39 is 0 Å². The average molecular weight is 210 g/mol. The third-order valence-corrected chi connectivity index (χ3v) is 3.09. The van der Waals surface area contributed by atoms with E-state index in [1.807, 2.05) is 12.2 Å². The summed E-state index contributed by atoms with van der Waals surface area (Å²) < 4.78 is 4.53. The number of ether oxygens (including phenoxy) is 1. The van der Waals surface area contributed by atoms with Crippen molar-refractivity contribution < 1.29 is 14.6 Å². The van der Waals surface area contributed by atoms with Crippen molar-refractivity contribution in [1.29, 1.82) is 0 Å². The first-order chi connectivity index (χ1) is 7.04. The van der Waals surface area contributed by atoms with E-state index in [1.165, 1.54) is 13.2 Å². The maximum Gasteiger partial charge on any atom is 0.330 e. The predicted octanol–water partition coefficient (Wildman–Crippen LogP) is 1.54. The summed E-state index contributed by atoms with van der Waals surface area (Å²) in [6.45, 7) is 4.36. The molecule has 1 aliphatic rings. The fraction of sp³-hybridized carbons (Fsp3) is 0.583. The third-order valence-electron chi connectivity index (χ3n) is 3.09. The number of aliphatic hydroxyl groups is 1. The van der Waals surface area contributed by atoms with E-state index in [-0.39, 0.29) is 18.0 Å². The van der Waals surface area contributed by atoms with Crippen molar-refractivity contribution in [1.82, 2.24) is 0 Å². The lowest BCUT2D eigenvalue weighted by Crippen LogP contribution is -1.94. The number of aliphatic hydroxyl groups excluding tert-OH is 1. The number of allylic oxidation sites excluding steroid dienone is 2. The van der Waals surface area contributed by atoms with Gasteiger partial charge in [0.15, 0.2) is 0 Å². The molecule has 0 spiro atoms. The van der Waals surface area contributed by atoms with Crippen molar-refractivity contribution >= 4 is 5.97 Å². The Labute approximate surface area is 90.4 Å². The van der Waals surface area contributed by atoms with Crippen LogP contribution in [0.15, 0.2) is 24.3 Å². The van der Waals surface area contributed by atoms with Crippen LogP contribution in [0.4, 0.5) is 0 Å². The molecule has 0 radical (unpaired) electrons. The molecule has 2 atom stereocenters. The zero-order chi connectivity index (χ0) is 11.5. The highest BCUT2D eigenvalue weighted by molar-refractivity contribution is 5.81. The van der Waals surface area contributed by atoms with Crippen LogP contribution in [0.2, 0.25) is 0 Å². The molecule has 0 aromatic carbocycles. The SMILES string of the molecule is COC(=O)/C=C/[C@@H]1[C@H](/C=C/CO)C1(C)C. The van der Waals surface area contributed by atoms with Crippen molar-refractivity contribution in [2.75, 3.05) is 13.7 Å². The molecule has 0 aliphatic heterocycles. The molecule has 1 aliphatic carbocycles. The monoisotopic (exact) mass is 210 g/mol. The highest BCUT2D eigenvalue weighted by Gasteiger charge is 2.54. The van der Waals surface area contributed by atoms with Crippen LogP contribution in [0.1, 0.15) is 13.8 Å². The summed E-state index contributed by atoms with van der Waals surface area (Å²) >= 11 is 0. The van der Waals surface area contributed by atoms with Gasteiger partial charge in [0.2, 0.25) is 0 Å². The summed E-state index contributed by atoms with van der Waals surface area (Å²) in [5, 5.41) is 8.68. The van der Waals surface area contributed by atoms with Gasteiger partial charge in [0.25, 0.3) is 0 Å². The minimum atomic E-state index is -0.317. The van der Waals surface area contributed by atoms with Crippen molar-refractivity contribution in [3.05, 3.63) is 24.3 Å². The Morgan fingerprint density at radius 1 is 1.40 bits per heavy atom. The summed E-state index contributed by atoms with van der Waals surface area (Å²) in [6.07, 6.45) is 7.11. The van der Waals surface area contributed by atoms with Crippen LogP contribution in [0.5, 0.6) is 0 Å². The van der Waals surface area contributed by atoms with Gasteiger partial charge in [0, 0.05) is 6.08 Å². The van der Waals surface area contributed by atoms with E-state index in [9.17, 15) is 4.79 Å². The number of carbonyl (C=O) groups is 1. The summed E-state index contributed by atoms with van der Waals surface area (Å²) in [5.41, 5.74) is 0.177. The third kappa shape index (κ3) is 2.69. The summed E-state index contributed by atoms with van der Waals surface area (Å²) in [7, 11) is 1.37. The Balaban J connectivity index is 2.55. The van der Waals surface area contributed by atoms with Gasteiger partial charge in [-0.15, -0.1) is 0 Å². The average Bonchev–Trinajstić information content (AvgIpc) is 2.73. The van der Waals surface area contributed by atoms with Crippen LogP contribution in [0, 0.1) is 17.3 Å². The smallest absolute Gasteiger partial charge is 0.330 e. The van der Waals surface area contributed by atoms with Crippen LogP contribution >= 0.6 is 0 Å². The maximum atomic E-state index is 10.9. The van der Waals surface area contributed by atoms with Crippen molar-refractivity contribution in [2.24, 2.45) is 17.3 Å². The molecule has 0 saturated heterocycles. The molecule has 84 valence electrons. The topological polar surface area (TPSA) is 46.5 Å². The van der Waals surface area contributed by atoms with E-state index in [2.05, 4.69) is 18.6 Å². The number of esters is 1. The van der Waals surface area contributed by atoms with Gasteiger partial charge in [-0.2, -0.15) is 0 Å². The van der Waals surface area contributed by atoms with Gasteiger partial charge in [-0.25, -0.2) is 4.79 Å². The first-order valence-corrected chi connectivity index (χ1v) is 5.07. The Kier molecular flexibility index (Phi) is 3.69. The lowest BCUT2D eigenvalue weighted by Gasteiger charge is -1.96. The second kappa shape index (κ2) is 4.62. The standard InChI is InChI=1S/C12H18O3/c1-12(2)9(5-4-8-13)10(12)6-7-11(14)15-3/h4-7,9-10,13H,8H2,1-3H3/b5-4+,7-6+/t9-,10+/m0/s1. The van der Waals surface area contributed by atoms with E-state index in [1.54, 1.807) is 6.08 Å². The zero-order valence-corrected chi connectivity index (χ0v) is 9.43. The molecule has 15 heavy (non-hydrogen) atoms. The molecule has 3 heteroatoms. The number of methoxy groups -OCH3 is 1. The second-order valence-corrected chi connectivity index (χ2v) is 4.37. The van der Waals surface area contributed by atoms with E-state index in [0.29, 0.717) is 11.8 Å². The van der Waals surface area contributed by atoms with Gasteiger partial charge in [-0.1, -0.05) is 32.1 Å². The number of rotatable bonds is 4. The molecule has 0 heterocycles. The molecule has 0 amide bonds. The molecule has 1 N–H and O–H groups in total. The fourth-order valence-electron chi connectivity index (χ4n) is 1.91. The van der Waals surface area contributed by atoms with E-state index in [4.69, 9.17) is 5.11 Å². The Morgan fingerprint density at radius 2 is 2.00 bits per heavy atom. The number of hydrogen-bond donors (Lipinski definition) is 1. The fourth-order valence-corrected chi connectivity index (χ4v) is 1.91. The minimum absolute atomic E-state index is 0.0695. The lowest BCUT2D eigenvalue weighted by atomic mass is 10.1. The first kappa shape index (κ1) is 12.0. The highest BCUT2D eigenvalue weighted by atomic mass is 16.5. The molecule has 1 saturated carbocycles. The molecule has 1 rings (SSSR count). The van der Waals surface area contributed by atoms with Gasteiger partial charge >= 0.3 is 5.97 Å². The summed E-state index contributed by atoms with van der Waals surface area (Å²) in [6, 6.07) is 0. The van der Waals surface area contributed by atoms with E-state index in [0.717, 1.165) is 0 Å². The van der Waals surface area contributed by atoms with Crippen molar-refractivity contribution in [2.45, 2.75) is 13.8 Å². The first-order valence-electron chi connectivity index (χ1n) is 5.07. The molecule has 0 bridgehead atoms. The van der Waals surface area contributed by atoms with Crippen LogP contribution < -0.4 is 0 Å². The lowest BCUT2D eigenvalue weighted by molar-refractivity contribution is -0.134. The normalized spacial score (nSPS) is 28.5. The van der Waals surface area contributed by atoms with Gasteiger partial charge in [0.05, 0.1) is 13.7 Å². The Hall–Kier alpha value is -1.09. The minimum Gasteiger partial charge on any atom is -0.466 e. The predicted molar refractivity (Wildman–Crippen MR) is 58.1 cm³/mol.